The van der Waals surface area contributed by atoms with E-state index < -0.39 is 5.82 Å². The van der Waals surface area contributed by atoms with E-state index in [4.69, 9.17) is 11.6 Å². The number of nitrogens with zero attached hydrogens (tertiary/aromatic N) is 1. The highest BCUT2D eigenvalue weighted by molar-refractivity contribution is 9.10. The lowest BCUT2D eigenvalue weighted by molar-refractivity contribution is 0.628. The number of anilines is 2. The number of rotatable bonds is 2. The minimum absolute atomic E-state index is 0.0869. The van der Waals surface area contributed by atoms with Crippen molar-refractivity contribution in [2.45, 2.75) is 6.92 Å². The predicted molar refractivity (Wildman–Crippen MR) is 71.4 cm³/mol. The van der Waals surface area contributed by atoms with Gasteiger partial charge < -0.3 is 5.32 Å². The van der Waals surface area contributed by atoms with E-state index in [1.807, 2.05) is 13.0 Å². The Bertz CT molecular complexity index is 511. The number of benzene rings is 1. The lowest BCUT2D eigenvalue weighted by atomic mass is 10.2. The third kappa shape index (κ3) is 2.96. The highest BCUT2D eigenvalue weighted by Gasteiger charge is 2.03. The molecule has 0 aliphatic rings. The zero-order valence-corrected chi connectivity index (χ0v) is 11.3. The fourth-order valence-corrected chi connectivity index (χ4v) is 1.73. The van der Waals surface area contributed by atoms with Crippen LogP contribution in [0.25, 0.3) is 0 Å². The molecule has 88 valence electrons. The molecule has 0 saturated carbocycles. The molecule has 2 nitrogen and oxygen atoms in total. The van der Waals surface area contributed by atoms with Crippen molar-refractivity contribution in [2.75, 3.05) is 5.32 Å². The van der Waals surface area contributed by atoms with Crippen LogP contribution in [0, 0.1) is 12.7 Å². The van der Waals surface area contributed by atoms with Crippen LogP contribution < -0.4 is 5.32 Å². The van der Waals surface area contributed by atoms with Gasteiger partial charge in [-0.1, -0.05) is 11.6 Å². The Labute approximate surface area is 112 Å². The van der Waals surface area contributed by atoms with E-state index >= 15 is 0 Å². The molecule has 0 atom stereocenters. The molecule has 0 aliphatic heterocycles. The monoisotopic (exact) mass is 314 g/mol. The summed E-state index contributed by atoms with van der Waals surface area (Å²) in [6, 6.07) is 6.34. The molecule has 2 rings (SSSR count). The molecule has 0 aliphatic carbocycles. The van der Waals surface area contributed by atoms with Gasteiger partial charge in [-0.3, -0.25) is 0 Å². The van der Waals surface area contributed by atoms with Gasteiger partial charge in [0.2, 0.25) is 0 Å². The van der Waals surface area contributed by atoms with Crippen molar-refractivity contribution in [3.05, 3.63) is 51.3 Å². The van der Waals surface area contributed by atoms with Gasteiger partial charge in [-0.2, -0.15) is 0 Å². The van der Waals surface area contributed by atoms with Crippen LogP contribution in [-0.2, 0) is 0 Å². The molecule has 0 amide bonds. The fraction of sp³-hybridized carbons (Fsp3) is 0.0833. The largest absolute Gasteiger partial charge is 0.340 e. The van der Waals surface area contributed by atoms with Gasteiger partial charge in [0.1, 0.15) is 11.6 Å². The Balaban J connectivity index is 2.25. The van der Waals surface area contributed by atoms with Gasteiger partial charge in [0.05, 0.1) is 5.02 Å². The van der Waals surface area contributed by atoms with Crippen molar-refractivity contribution in [1.82, 2.24) is 4.98 Å². The zero-order chi connectivity index (χ0) is 12.4. The van der Waals surface area contributed by atoms with E-state index in [-0.39, 0.29) is 5.02 Å². The second-order valence-electron chi connectivity index (χ2n) is 3.57. The van der Waals surface area contributed by atoms with Gasteiger partial charge in [0, 0.05) is 16.4 Å². The van der Waals surface area contributed by atoms with Crippen LogP contribution in [0.15, 0.2) is 34.9 Å². The molecule has 2 aromatic rings. The van der Waals surface area contributed by atoms with E-state index in [9.17, 15) is 4.39 Å². The van der Waals surface area contributed by atoms with Crippen molar-refractivity contribution in [1.29, 1.82) is 0 Å². The highest BCUT2D eigenvalue weighted by atomic mass is 79.9. The van der Waals surface area contributed by atoms with Crippen LogP contribution in [0.4, 0.5) is 15.9 Å². The Morgan fingerprint density at radius 1 is 1.35 bits per heavy atom. The average Bonchev–Trinajstić information content (AvgIpc) is 2.29. The Kier molecular flexibility index (Phi) is 3.64. The Hall–Kier alpha value is -1.13. The summed E-state index contributed by atoms with van der Waals surface area (Å²) < 4.78 is 13.9. The second-order valence-corrected chi connectivity index (χ2v) is 4.83. The van der Waals surface area contributed by atoms with Gasteiger partial charge in [0.15, 0.2) is 0 Å². The molecule has 17 heavy (non-hydrogen) atoms. The predicted octanol–water partition coefficient (Wildman–Crippen LogP) is 4.69. The van der Waals surface area contributed by atoms with Crippen LogP contribution in [-0.4, -0.2) is 4.98 Å². The normalized spacial score (nSPS) is 10.4. The molecule has 5 heteroatoms. The maximum absolute atomic E-state index is 13.0. The molecule has 0 saturated heterocycles. The van der Waals surface area contributed by atoms with Crippen LogP contribution in [0.5, 0.6) is 0 Å². The number of pyridine rings is 1. The summed E-state index contributed by atoms with van der Waals surface area (Å²) in [6.45, 7) is 1.97. The molecule has 1 aromatic carbocycles. The third-order valence-corrected chi connectivity index (χ3v) is 3.36. The SMILES string of the molecule is Cc1cc(Nc2ccc(F)c(Cl)c2)ncc1Br. The molecule has 0 bridgehead atoms. The molecular weight excluding hydrogens is 307 g/mol. The topological polar surface area (TPSA) is 24.9 Å². The summed E-state index contributed by atoms with van der Waals surface area (Å²) in [4.78, 5) is 4.19. The summed E-state index contributed by atoms with van der Waals surface area (Å²) in [5.74, 6) is 0.255. The Morgan fingerprint density at radius 2 is 2.12 bits per heavy atom. The molecule has 0 radical (unpaired) electrons. The summed E-state index contributed by atoms with van der Waals surface area (Å²) in [7, 11) is 0. The van der Waals surface area contributed by atoms with E-state index in [2.05, 4.69) is 26.2 Å². The third-order valence-electron chi connectivity index (χ3n) is 2.24. The van der Waals surface area contributed by atoms with E-state index in [1.165, 1.54) is 12.1 Å². The van der Waals surface area contributed by atoms with E-state index in [0.717, 1.165) is 10.0 Å². The van der Waals surface area contributed by atoms with Crippen molar-refractivity contribution < 1.29 is 4.39 Å². The second kappa shape index (κ2) is 5.02. The molecule has 1 heterocycles. The maximum Gasteiger partial charge on any atom is 0.141 e. The van der Waals surface area contributed by atoms with Crippen molar-refractivity contribution in [3.8, 4) is 0 Å². The molecule has 1 aromatic heterocycles. The van der Waals surface area contributed by atoms with E-state index in [1.54, 1.807) is 12.3 Å². The van der Waals surface area contributed by atoms with Crippen molar-refractivity contribution in [3.63, 3.8) is 0 Å². The quantitative estimate of drug-likeness (QED) is 0.869. The Morgan fingerprint density at radius 3 is 2.76 bits per heavy atom. The van der Waals surface area contributed by atoms with Crippen LogP contribution in [0.1, 0.15) is 5.56 Å². The summed E-state index contributed by atoms with van der Waals surface area (Å²) >= 11 is 9.07. The van der Waals surface area contributed by atoms with Crippen LogP contribution >= 0.6 is 27.5 Å². The number of hydrogen-bond donors (Lipinski definition) is 1. The maximum atomic E-state index is 13.0. The first-order valence-corrected chi connectivity index (χ1v) is 6.07. The number of nitrogens with one attached hydrogen (secondary N) is 1. The number of aryl methyl sites for hydroxylation is 1. The first-order valence-electron chi connectivity index (χ1n) is 4.90. The standard InChI is InChI=1S/C12H9BrClFN2/c1-7-4-12(16-6-9(7)13)17-8-2-3-11(15)10(14)5-8/h2-6H,1H3,(H,16,17). The lowest BCUT2D eigenvalue weighted by Crippen LogP contribution is -1.94. The van der Waals surface area contributed by atoms with Crippen molar-refractivity contribution in [2.24, 2.45) is 0 Å². The molecule has 1 N–H and O–H groups in total. The minimum Gasteiger partial charge on any atom is -0.340 e. The van der Waals surface area contributed by atoms with Crippen molar-refractivity contribution >= 4 is 39.0 Å². The first kappa shape index (κ1) is 12.3. The highest BCUT2D eigenvalue weighted by Crippen LogP contribution is 2.23. The minimum atomic E-state index is -0.433. The molecule has 0 spiro atoms. The molecular formula is C12H9BrClFN2. The summed E-state index contributed by atoms with van der Waals surface area (Å²) in [5, 5.41) is 3.14. The summed E-state index contributed by atoms with van der Waals surface area (Å²) in [6.07, 6.45) is 1.71. The number of halogens is 3. The van der Waals surface area contributed by atoms with Gasteiger partial charge in [-0.25, -0.2) is 9.37 Å². The zero-order valence-electron chi connectivity index (χ0n) is 8.97. The summed E-state index contributed by atoms with van der Waals surface area (Å²) in [5.41, 5.74) is 1.77. The van der Waals surface area contributed by atoms with E-state index in [0.29, 0.717) is 11.5 Å². The first-order chi connectivity index (χ1) is 8.06. The molecule has 0 fully saturated rings. The van der Waals surface area contributed by atoms with Gasteiger partial charge in [-0.15, -0.1) is 0 Å². The number of hydrogen-bond acceptors (Lipinski definition) is 2. The van der Waals surface area contributed by atoms with Gasteiger partial charge in [-0.05, 0) is 52.7 Å². The van der Waals surface area contributed by atoms with Gasteiger partial charge in [0.25, 0.3) is 0 Å². The average molecular weight is 316 g/mol. The van der Waals surface area contributed by atoms with Crippen LogP contribution in [0.2, 0.25) is 5.02 Å². The van der Waals surface area contributed by atoms with Crippen LogP contribution in [0.3, 0.4) is 0 Å². The smallest absolute Gasteiger partial charge is 0.141 e. The van der Waals surface area contributed by atoms with Gasteiger partial charge >= 0.3 is 0 Å². The fourth-order valence-electron chi connectivity index (χ4n) is 1.33. The number of aromatic nitrogens is 1. The lowest BCUT2D eigenvalue weighted by Gasteiger charge is -2.07. The molecule has 0 unspecified atom stereocenters.